The molecule has 6 heteroatoms. The highest BCUT2D eigenvalue weighted by molar-refractivity contribution is 6.62. The molecule has 0 aliphatic carbocycles. The van der Waals surface area contributed by atoms with Crippen LogP contribution in [-0.4, -0.2) is 22.9 Å². The molecule has 0 saturated carbocycles. The molecule has 3 aromatic rings. The summed E-state index contributed by atoms with van der Waals surface area (Å²) in [6.45, 7) is 12.8. The van der Waals surface area contributed by atoms with E-state index in [2.05, 4.69) is 0 Å². The monoisotopic (exact) mass is 395 g/mol. The summed E-state index contributed by atoms with van der Waals surface area (Å²) >= 11 is 0. The molecule has 1 fully saturated rings. The topological polar surface area (TPSA) is 32.6 Å². The Morgan fingerprint density at radius 2 is 1.76 bits per heavy atom. The van der Waals surface area contributed by atoms with E-state index < -0.39 is 18.3 Å². The fourth-order valence-electron chi connectivity index (χ4n) is 3.67. The average molecular weight is 395 g/mol. The largest absolute Gasteiger partial charge is 0.494 e. The second-order valence-electron chi connectivity index (χ2n) is 8.61. The molecule has 152 valence electrons. The minimum Gasteiger partial charge on any atom is -0.454 e. The average Bonchev–Trinajstić information content (AvgIpc) is 3.16. The van der Waals surface area contributed by atoms with Gasteiger partial charge in [-0.3, -0.25) is 0 Å². The normalized spacial score (nSPS) is 17.8. The molecule has 0 unspecified atom stereocenters. The van der Waals surface area contributed by atoms with Gasteiger partial charge in [0, 0.05) is 29.8 Å². The van der Waals surface area contributed by atoms with Crippen molar-refractivity contribution in [3.05, 3.63) is 54.0 Å². The van der Waals surface area contributed by atoms with Crippen molar-refractivity contribution >= 4 is 23.5 Å². The highest BCUT2D eigenvalue weighted by Gasteiger charge is 2.51. The van der Waals surface area contributed by atoms with Crippen molar-refractivity contribution in [2.24, 2.45) is 0 Å². The number of aromatic nitrogens is 1. The van der Waals surface area contributed by atoms with Crippen LogP contribution in [0.5, 0.6) is 11.5 Å². The number of hydrogen-bond acceptors (Lipinski definition) is 3. The van der Waals surface area contributed by atoms with Gasteiger partial charge >= 0.3 is 7.12 Å². The summed E-state index contributed by atoms with van der Waals surface area (Å²) in [6.07, 6.45) is 1.97. The Balaban J connectivity index is 1.66. The predicted molar refractivity (Wildman–Crippen MR) is 115 cm³/mol. The van der Waals surface area contributed by atoms with Gasteiger partial charge in [0.25, 0.3) is 0 Å². The molecule has 0 atom stereocenters. The van der Waals surface area contributed by atoms with Crippen molar-refractivity contribution in [3.63, 3.8) is 0 Å². The lowest BCUT2D eigenvalue weighted by molar-refractivity contribution is 0.00578. The first kappa shape index (κ1) is 20.0. The van der Waals surface area contributed by atoms with Gasteiger partial charge in [0.05, 0.1) is 16.7 Å². The molecular weight excluding hydrogens is 368 g/mol. The summed E-state index contributed by atoms with van der Waals surface area (Å²) in [4.78, 5) is 0. The quantitative estimate of drug-likeness (QED) is 0.570. The fourth-order valence-corrected chi connectivity index (χ4v) is 3.67. The zero-order valence-electron chi connectivity index (χ0n) is 17.9. The van der Waals surface area contributed by atoms with Crippen LogP contribution in [0.2, 0.25) is 0 Å². The highest BCUT2D eigenvalue weighted by atomic mass is 19.1. The third-order valence-electron chi connectivity index (χ3n) is 6.18. The summed E-state index contributed by atoms with van der Waals surface area (Å²) in [5, 5.41) is 0.991. The second-order valence-corrected chi connectivity index (χ2v) is 8.61. The van der Waals surface area contributed by atoms with Crippen LogP contribution < -0.4 is 10.2 Å². The molecular formula is C23H27BFNO3. The van der Waals surface area contributed by atoms with Crippen molar-refractivity contribution in [1.82, 2.24) is 4.57 Å². The molecule has 0 bridgehead atoms. The maximum Gasteiger partial charge on any atom is 0.494 e. The van der Waals surface area contributed by atoms with Crippen LogP contribution in [0.3, 0.4) is 0 Å². The van der Waals surface area contributed by atoms with Crippen LogP contribution in [0.1, 0.15) is 40.2 Å². The molecule has 1 aliphatic heterocycles. The first-order valence-corrected chi connectivity index (χ1v) is 10.0. The Morgan fingerprint density at radius 3 is 2.41 bits per heavy atom. The van der Waals surface area contributed by atoms with Gasteiger partial charge in [-0.2, -0.15) is 0 Å². The van der Waals surface area contributed by atoms with Gasteiger partial charge in [-0.1, -0.05) is 12.1 Å². The summed E-state index contributed by atoms with van der Waals surface area (Å²) in [6, 6.07) is 11.0. The molecule has 0 radical (unpaired) electrons. The first-order valence-electron chi connectivity index (χ1n) is 10.0. The lowest BCUT2D eigenvalue weighted by Gasteiger charge is -2.32. The van der Waals surface area contributed by atoms with E-state index in [-0.39, 0.29) is 11.6 Å². The molecule has 1 aliphatic rings. The Labute approximate surface area is 171 Å². The van der Waals surface area contributed by atoms with Gasteiger partial charge in [-0.05, 0) is 65.2 Å². The smallest absolute Gasteiger partial charge is 0.454 e. The lowest BCUT2D eigenvalue weighted by atomic mass is 9.79. The minimum atomic E-state index is -0.490. The number of rotatable bonds is 4. The number of benzene rings is 2. The Kier molecular flexibility index (Phi) is 4.75. The number of aryl methyl sites for hydroxylation is 2. The van der Waals surface area contributed by atoms with Crippen LogP contribution in [-0.2, 0) is 15.9 Å². The molecule has 1 saturated heterocycles. The third kappa shape index (κ3) is 3.34. The van der Waals surface area contributed by atoms with Crippen molar-refractivity contribution in [1.29, 1.82) is 0 Å². The van der Waals surface area contributed by atoms with Gasteiger partial charge < -0.3 is 18.6 Å². The number of ether oxygens (including phenoxy) is 1. The van der Waals surface area contributed by atoms with E-state index in [0.29, 0.717) is 5.75 Å². The van der Waals surface area contributed by atoms with E-state index in [1.165, 1.54) is 0 Å². The van der Waals surface area contributed by atoms with Gasteiger partial charge in [-0.25, -0.2) is 4.39 Å². The summed E-state index contributed by atoms with van der Waals surface area (Å²) in [7, 11) is -0.490. The van der Waals surface area contributed by atoms with Crippen LogP contribution in [0.4, 0.5) is 4.39 Å². The predicted octanol–water partition coefficient (Wildman–Crippen LogP) is 5.20. The zero-order chi connectivity index (χ0) is 21.0. The fraction of sp³-hybridized carbons (Fsp3) is 0.391. The van der Waals surface area contributed by atoms with Crippen LogP contribution in [0, 0.1) is 12.7 Å². The van der Waals surface area contributed by atoms with Crippen molar-refractivity contribution in [3.8, 4) is 11.5 Å². The van der Waals surface area contributed by atoms with E-state index in [1.54, 1.807) is 6.07 Å². The summed E-state index contributed by atoms with van der Waals surface area (Å²) < 4.78 is 35.1. The summed E-state index contributed by atoms with van der Waals surface area (Å²) in [5.74, 6) is 0.426. The molecule has 1 aromatic heterocycles. The number of halogens is 1. The number of nitrogens with zero attached hydrogens (tertiary/aromatic N) is 1. The standard InChI is InChI=1S/C23H27BFNO3/c1-7-26-12-11-18-15(2)21(19(25)14-20(18)26)27-17-10-8-9-16(13-17)24-28-22(3,4)23(5,6)29-24/h8-14H,7H2,1-6H3. The Morgan fingerprint density at radius 1 is 1.07 bits per heavy atom. The Bertz CT molecular complexity index is 1060. The van der Waals surface area contributed by atoms with Crippen molar-refractivity contribution in [2.45, 2.75) is 59.3 Å². The van der Waals surface area contributed by atoms with E-state index in [0.717, 1.165) is 28.5 Å². The van der Waals surface area contributed by atoms with Gasteiger partial charge in [-0.15, -0.1) is 0 Å². The number of fused-ring (bicyclic) bond motifs is 1. The van der Waals surface area contributed by atoms with E-state index >= 15 is 0 Å². The molecule has 29 heavy (non-hydrogen) atoms. The van der Waals surface area contributed by atoms with Gasteiger partial charge in [0.1, 0.15) is 5.75 Å². The van der Waals surface area contributed by atoms with Crippen LogP contribution >= 0.6 is 0 Å². The maximum atomic E-state index is 14.9. The molecule has 2 heterocycles. The zero-order valence-corrected chi connectivity index (χ0v) is 17.9. The molecule has 0 N–H and O–H groups in total. The van der Waals surface area contributed by atoms with Crippen molar-refractivity contribution < 1.29 is 18.4 Å². The third-order valence-corrected chi connectivity index (χ3v) is 6.18. The van der Waals surface area contributed by atoms with Gasteiger partial charge in [0.2, 0.25) is 0 Å². The SMILES string of the molecule is CCn1ccc2c(C)c(Oc3cccc(B4OC(C)(C)C(C)(C)O4)c3)c(F)cc21. The van der Waals surface area contributed by atoms with Crippen molar-refractivity contribution in [2.75, 3.05) is 0 Å². The number of hydrogen-bond donors (Lipinski definition) is 0. The van der Waals surface area contributed by atoms with Crippen LogP contribution in [0.15, 0.2) is 42.6 Å². The van der Waals surface area contributed by atoms with Gasteiger partial charge in [0.15, 0.2) is 11.6 Å². The molecule has 4 rings (SSSR count). The molecule has 2 aromatic carbocycles. The molecule has 0 spiro atoms. The van der Waals surface area contributed by atoms with E-state index in [4.69, 9.17) is 14.0 Å². The van der Waals surface area contributed by atoms with E-state index in [9.17, 15) is 4.39 Å². The highest BCUT2D eigenvalue weighted by Crippen LogP contribution is 2.37. The minimum absolute atomic E-state index is 0.248. The van der Waals surface area contributed by atoms with Crippen LogP contribution in [0.25, 0.3) is 10.9 Å². The first-order chi connectivity index (χ1) is 13.6. The maximum absolute atomic E-state index is 14.9. The molecule has 0 amide bonds. The molecule has 4 nitrogen and oxygen atoms in total. The Hall–Kier alpha value is -2.31. The lowest BCUT2D eigenvalue weighted by Crippen LogP contribution is -2.41. The second kappa shape index (κ2) is 6.89. The van der Waals surface area contributed by atoms with E-state index in [1.807, 2.05) is 82.6 Å². The summed E-state index contributed by atoms with van der Waals surface area (Å²) in [5.41, 5.74) is 1.66.